The Balaban J connectivity index is 1.71. The Morgan fingerprint density at radius 3 is 2.34 bits per heavy atom. The molecule has 0 radical (unpaired) electrons. The van der Waals surface area contributed by atoms with Gasteiger partial charge in [-0.05, 0) is 64.5 Å². The average Bonchev–Trinajstić information content (AvgIpc) is 3.44. The Kier molecular flexibility index (Phi) is 12.3. The number of carbonyl (C=O) groups is 3. The number of halogens is 2. The van der Waals surface area contributed by atoms with Gasteiger partial charge in [-0.15, -0.1) is 5.10 Å². The van der Waals surface area contributed by atoms with Crippen molar-refractivity contribution in [1.29, 1.82) is 0 Å². The minimum Gasteiger partial charge on any atom is -0.444 e. The van der Waals surface area contributed by atoms with E-state index in [1.807, 2.05) is 13.8 Å². The maximum Gasteiger partial charge on any atom is 0.410 e. The molecule has 3 heterocycles. The summed E-state index contributed by atoms with van der Waals surface area (Å²) < 4.78 is 46.1. The second-order valence-corrected chi connectivity index (χ2v) is 13.6. The molecule has 12 nitrogen and oxygen atoms in total. The SMILES string of the molecule is COCCCCc1c(C(=O)N(CC(C)C)[C@H]2C[C@@H](C(=O)N3CCOCC3)CN(C(=O)OC(C)(C)C)C2)nnn1-c1cc(F)cc(F)c1. The van der Waals surface area contributed by atoms with Gasteiger partial charge in [-0.1, -0.05) is 19.1 Å². The Labute approximate surface area is 275 Å². The van der Waals surface area contributed by atoms with Crippen LogP contribution in [0.15, 0.2) is 18.2 Å². The summed E-state index contributed by atoms with van der Waals surface area (Å²) in [5.41, 5.74) is -0.187. The summed E-state index contributed by atoms with van der Waals surface area (Å²) in [4.78, 5) is 46.6. The van der Waals surface area contributed by atoms with Crippen LogP contribution in [0.1, 0.15) is 70.1 Å². The highest BCUT2D eigenvalue weighted by atomic mass is 19.1. The number of carbonyl (C=O) groups excluding carboxylic acids is 3. The van der Waals surface area contributed by atoms with Crippen molar-refractivity contribution in [3.05, 3.63) is 41.2 Å². The van der Waals surface area contributed by atoms with E-state index in [1.165, 1.54) is 9.58 Å². The van der Waals surface area contributed by atoms with Crippen LogP contribution in [-0.2, 0) is 25.4 Å². The molecular weight excluding hydrogens is 614 g/mol. The van der Waals surface area contributed by atoms with E-state index in [1.54, 1.807) is 37.7 Å². The number of hydrogen-bond acceptors (Lipinski definition) is 8. The summed E-state index contributed by atoms with van der Waals surface area (Å²) in [6.45, 7) is 12.2. The van der Waals surface area contributed by atoms with Crippen molar-refractivity contribution in [2.24, 2.45) is 11.8 Å². The Hall–Kier alpha value is -3.65. The smallest absolute Gasteiger partial charge is 0.410 e. The second kappa shape index (κ2) is 16.0. The summed E-state index contributed by atoms with van der Waals surface area (Å²) in [5, 5.41) is 8.44. The number of hydrogen-bond donors (Lipinski definition) is 0. The molecule has 0 unspecified atom stereocenters. The van der Waals surface area contributed by atoms with E-state index >= 15 is 0 Å². The number of unbranched alkanes of at least 4 members (excludes halogenated alkanes) is 1. The van der Waals surface area contributed by atoms with Crippen molar-refractivity contribution < 1.29 is 37.4 Å². The van der Waals surface area contributed by atoms with Gasteiger partial charge < -0.3 is 28.9 Å². The predicted molar refractivity (Wildman–Crippen MR) is 169 cm³/mol. The lowest BCUT2D eigenvalue weighted by Gasteiger charge is -2.44. The first-order valence-electron chi connectivity index (χ1n) is 16.3. The summed E-state index contributed by atoms with van der Waals surface area (Å²) >= 11 is 0. The summed E-state index contributed by atoms with van der Waals surface area (Å²) in [7, 11) is 1.60. The van der Waals surface area contributed by atoms with Crippen LogP contribution in [0.5, 0.6) is 0 Å². The van der Waals surface area contributed by atoms with Crippen LogP contribution in [0.25, 0.3) is 5.69 Å². The van der Waals surface area contributed by atoms with Gasteiger partial charge in [0.25, 0.3) is 5.91 Å². The van der Waals surface area contributed by atoms with E-state index in [9.17, 15) is 23.2 Å². The molecule has 4 rings (SSSR count). The van der Waals surface area contributed by atoms with Crippen LogP contribution >= 0.6 is 0 Å². The fourth-order valence-corrected chi connectivity index (χ4v) is 6.02. The molecule has 47 heavy (non-hydrogen) atoms. The van der Waals surface area contributed by atoms with Crippen LogP contribution in [0.4, 0.5) is 13.6 Å². The van der Waals surface area contributed by atoms with Gasteiger partial charge in [-0.2, -0.15) is 0 Å². The molecule has 0 saturated carbocycles. The third kappa shape index (κ3) is 9.69. The minimum absolute atomic E-state index is 0.0294. The molecule has 2 aromatic rings. The molecule has 1 aromatic carbocycles. The van der Waals surface area contributed by atoms with E-state index in [0.717, 1.165) is 18.2 Å². The van der Waals surface area contributed by atoms with Crippen LogP contribution in [0, 0.1) is 23.5 Å². The largest absolute Gasteiger partial charge is 0.444 e. The monoisotopic (exact) mass is 662 g/mol. The molecule has 2 atom stereocenters. The molecule has 260 valence electrons. The van der Waals surface area contributed by atoms with Crippen LogP contribution < -0.4 is 0 Å². The van der Waals surface area contributed by atoms with Gasteiger partial charge in [-0.25, -0.2) is 18.3 Å². The zero-order chi connectivity index (χ0) is 34.3. The molecule has 14 heteroatoms. The van der Waals surface area contributed by atoms with Crippen molar-refractivity contribution in [1.82, 2.24) is 29.7 Å². The Morgan fingerprint density at radius 2 is 1.72 bits per heavy atom. The Morgan fingerprint density at radius 1 is 1.04 bits per heavy atom. The number of methoxy groups -OCH3 is 1. The number of likely N-dealkylation sites (tertiary alicyclic amines) is 1. The predicted octanol–water partition coefficient (Wildman–Crippen LogP) is 4.10. The summed E-state index contributed by atoms with van der Waals surface area (Å²) in [6.07, 6.45) is 1.41. The van der Waals surface area contributed by atoms with Gasteiger partial charge in [0.1, 0.15) is 17.2 Å². The van der Waals surface area contributed by atoms with Crippen molar-refractivity contribution in [3.8, 4) is 5.69 Å². The first-order valence-corrected chi connectivity index (χ1v) is 16.3. The van der Waals surface area contributed by atoms with Gasteiger partial charge in [0.15, 0.2) is 5.69 Å². The van der Waals surface area contributed by atoms with E-state index in [2.05, 4.69) is 10.3 Å². The molecule has 0 bridgehead atoms. The topological polar surface area (TPSA) is 119 Å². The number of ether oxygens (including phenoxy) is 3. The lowest BCUT2D eigenvalue weighted by Crippen LogP contribution is -2.58. The zero-order valence-electron chi connectivity index (χ0n) is 28.3. The normalized spacial score (nSPS) is 18.8. The number of piperidine rings is 1. The van der Waals surface area contributed by atoms with Crippen molar-refractivity contribution in [3.63, 3.8) is 0 Å². The number of aromatic nitrogens is 3. The van der Waals surface area contributed by atoms with Crippen molar-refractivity contribution in [2.75, 3.05) is 59.7 Å². The van der Waals surface area contributed by atoms with Gasteiger partial charge in [0.2, 0.25) is 5.91 Å². The van der Waals surface area contributed by atoms with E-state index in [4.69, 9.17) is 14.2 Å². The van der Waals surface area contributed by atoms with Gasteiger partial charge >= 0.3 is 6.09 Å². The fourth-order valence-electron chi connectivity index (χ4n) is 6.02. The fraction of sp³-hybridized carbons (Fsp3) is 0.667. The van der Waals surface area contributed by atoms with Gasteiger partial charge in [0.05, 0.1) is 36.6 Å². The molecule has 2 aliphatic heterocycles. The lowest BCUT2D eigenvalue weighted by molar-refractivity contribution is -0.142. The molecule has 0 N–H and O–H groups in total. The summed E-state index contributed by atoms with van der Waals surface area (Å²) in [5.74, 6) is -2.63. The number of nitrogens with zero attached hydrogens (tertiary/aromatic N) is 6. The molecule has 2 aliphatic rings. The number of benzene rings is 1. The standard InChI is InChI=1S/C33H48F2N6O6/c1-22(2)19-40(27-15-23(30(42)38-10-13-46-14-11-38)20-39(21-27)32(44)47-33(3,4)5)31(43)29-28(9-7-8-12-45-6)41(37-36-29)26-17-24(34)16-25(35)18-26/h16-18,22-23,27H,7-15,19-21H2,1-6H3/t23-,27+/m1/s1. The zero-order valence-corrected chi connectivity index (χ0v) is 28.3. The van der Waals surface area contributed by atoms with Crippen LogP contribution in [0.3, 0.4) is 0 Å². The number of amides is 3. The second-order valence-electron chi connectivity index (χ2n) is 13.6. The van der Waals surface area contributed by atoms with Crippen molar-refractivity contribution in [2.45, 2.75) is 71.9 Å². The molecule has 2 fully saturated rings. The van der Waals surface area contributed by atoms with E-state index in [-0.39, 0.29) is 36.3 Å². The molecule has 2 saturated heterocycles. The van der Waals surface area contributed by atoms with Crippen LogP contribution in [0.2, 0.25) is 0 Å². The quantitative estimate of drug-likeness (QED) is 0.330. The van der Waals surface area contributed by atoms with E-state index in [0.29, 0.717) is 70.8 Å². The molecule has 1 aromatic heterocycles. The van der Waals surface area contributed by atoms with Crippen molar-refractivity contribution >= 4 is 17.9 Å². The molecule has 0 spiro atoms. The number of morpholine rings is 1. The van der Waals surface area contributed by atoms with Gasteiger partial charge in [-0.3, -0.25) is 9.59 Å². The third-order valence-electron chi connectivity index (χ3n) is 8.09. The molecule has 3 amide bonds. The first-order chi connectivity index (χ1) is 22.3. The maximum atomic E-state index is 14.5. The minimum atomic E-state index is -0.782. The molecule has 0 aliphatic carbocycles. The van der Waals surface area contributed by atoms with Gasteiger partial charge in [0, 0.05) is 52.5 Å². The highest BCUT2D eigenvalue weighted by Crippen LogP contribution is 2.28. The third-order valence-corrected chi connectivity index (χ3v) is 8.09. The highest BCUT2D eigenvalue weighted by Gasteiger charge is 2.42. The van der Waals surface area contributed by atoms with Crippen LogP contribution in [-0.4, -0.2) is 119 Å². The number of rotatable bonds is 11. The lowest BCUT2D eigenvalue weighted by atomic mass is 9.91. The van der Waals surface area contributed by atoms with E-state index < -0.39 is 41.2 Å². The first kappa shape index (κ1) is 36.2. The molecular formula is C33H48F2N6O6. The highest BCUT2D eigenvalue weighted by molar-refractivity contribution is 5.94. The Bertz CT molecular complexity index is 1370. The maximum absolute atomic E-state index is 14.5. The average molecular weight is 663 g/mol. The summed E-state index contributed by atoms with van der Waals surface area (Å²) in [6, 6.07) is 2.50.